The van der Waals surface area contributed by atoms with Gasteiger partial charge < -0.3 is 15.1 Å². The van der Waals surface area contributed by atoms with Crippen molar-refractivity contribution in [3.63, 3.8) is 0 Å². The van der Waals surface area contributed by atoms with Crippen molar-refractivity contribution in [1.82, 2.24) is 10.2 Å². The average molecular weight is 291 g/mol. The molecule has 4 nitrogen and oxygen atoms in total. The molecule has 21 heavy (non-hydrogen) atoms. The summed E-state index contributed by atoms with van der Waals surface area (Å²) in [5.41, 5.74) is 1.84. The normalized spacial score (nSPS) is 12.6. The van der Waals surface area contributed by atoms with Gasteiger partial charge in [-0.3, -0.25) is 4.79 Å². The van der Waals surface area contributed by atoms with Gasteiger partial charge in [0, 0.05) is 37.4 Å². The van der Waals surface area contributed by atoms with Crippen LogP contribution in [0.2, 0.25) is 0 Å². The number of benzene rings is 1. The quantitative estimate of drug-likeness (QED) is 0.838. The van der Waals surface area contributed by atoms with Gasteiger partial charge in [0.15, 0.2) is 0 Å². The van der Waals surface area contributed by atoms with Crippen LogP contribution in [-0.2, 0) is 0 Å². The first-order valence-corrected chi connectivity index (χ1v) is 7.62. The number of hydrogen-bond donors (Lipinski definition) is 1. The minimum Gasteiger partial charge on any atom is -0.375 e. The fourth-order valence-electron chi connectivity index (χ4n) is 2.36. The molecule has 0 radical (unpaired) electrons. The van der Waals surface area contributed by atoms with Crippen LogP contribution in [0, 0.1) is 5.92 Å². The lowest BCUT2D eigenvalue weighted by Crippen LogP contribution is -2.43. The maximum absolute atomic E-state index is 12.2. The van der Waals surface area contributed by atoms with Crippen LogP contribution >= 0.6 is 0 Å². The van der Waals surface area contributed by atoms with E-state index in [4.69, 9.17) is 0 Å². The van der Waals surface area contributed by atoms with Crippen LogP contribution in [0.25, 0.3) is 0 Å². The second kappa shape index (κ2) is 8.03. The van der Waals surface area contributed by atoms with Gasteiger partial charge in [-0.2, -0.15) is 0 Å². The van der Waals surface area contributed by atoms with Crippen molar-refractivity contribution in [2.75, 3.05) is 39.1 Å². The van der Waals surface area contributed by atoms with E-state index in [1.807, 2.05) is 45.4 Å². The van der Waals surface area contributed by atoms with Crippen LogP contribution in [0.1, 0.15) is 31.1 Å². The van der Waals surface area contributed by atoms with Gasteiger partial charge in [0.05, 0.1) is 0 Å². The zero-order valence-electron chi connectivity index (χ0n) is 14.2. The van der Waals surface area contributed by atoms with E-state index in [1.54, 1.807) is 0 Å². The van der Waals surface area contributed by atoms with Crippen LogP contribution in [-0.4, -0.2) is 51.1 Å². The molecular weight excluding hydrogens is 262 g/mol. The Morgan fingerprint density at radius 1 is 1.14 bits per heavy atom. The highest BCUT2D eigenvalue weighted by Crippen LogP contribution is 2.13. The summed E-state index contributed by atoms with van der Waals surface area (Å²) in [6.45, 7) is 8.07. The van der Waals surface area contributed by atoms with E-state index < -0.39 is 0 Å². The van der Waals surface area contributed by atoms with Gasteiger partial charge in [-0.25, -0.2) is 0 Å². The zero-order chi connectivity index (χ0) is 16.0. The summed E-state index contributed by atoms with van der Waals surface area (Å²) in [4.78, 5) is 16.5. The molecule has 1 aromatic rings. The fourth-order valence-corrected chi connectivity index (χ4v) is 2.36. The van der Waals surface area contributed by atoms with Crippen molar-refractivity contribution in [2.24, 2.45) is 5.92 Å². The number of carbonyl (C=O) groups excluding carboxylic acids is 1. The van der Waals surface area contributed by atoms with Gasteiger partial charge in [0.25, 0.3) is 5.91 Å². The summed E-state index contributed by atoms with van der Waals surface area (Å²) >= 11 is 0. The second-order valence-electron chi connectivity index (χ2n) is 6.05. The maximum atomic E-state index is 12.2. The molecule has 0 heterocycles. The molecule has 0 aliphatic carbocycles. The van der Waals surface area contributed by atoms with E-state index in [0.717, 1.165) is 12.2 Å². The van der Waals surface area contributed by atoms with Crippen molar-refractivity contribution in [3.8, 4) is 0 Å². The molecule has 4 heteroatoms. The molecule has 1 amide bonds. The van der Waals surface area contributed by atoms with Crippen LogP contribution in [0.5, 0.6) is 0 Å². The molecule has 0 aliphatic heterocycles. The smallest absolute Gasteiger partial charge is 0.251 e. The predicted octanol–water partition coefficient (Wildman–Crippen LogP) is 2.46. The maximum Gasteiger partial charge on any atom is 0.251 e. The summed E-state index contributed by atoms with van der Waals surface area (Å²) in [5.74, 6) is 0.495. The third kappa shape index (κ3) is 5.05. The molecule has 1 unspecified atom stereocenters. The Morgan fingerprint density at radius 2 is 1.71 bits per heavy atom. The molecule has 1 atom stereocenters. The Kier molecular flexibility index (Phi) is 6.69. The number of amides is 1. The molecule has 0 saturated heterocycles. The van der Waals surface area contributed by atoms with Crippen LogP contribution in [0.3, 0.4) is 0 Å². The summed E-state index contributed by atoms with van der Waals surface area (Å²) in [6, 6.07) is 8.10. The number of rotatable bonds is 7. The first kappa shape index (κ1) is 17.5. The molecule has 0 aliphatic rings. The Hall–Kier alpha value is -1.55. The molecule has 0 saturated carbocycles. The minimum atomic E-state index is -0.00629. The van der Waals surface area contributed by atoms with E-state index in [2.05, 4.69) is 35.9 Å². The first-order chi connectivity index (χ1) is 9.86. The van der Waals surface area contributed by atoms with E-state index in [1.165, 1.54) is 0 Å². The van der Waals surface area contributed by atoms with E-state index in [-0.39, 0.29) is 5.91 Å². The van der Waals surface area contributed by atoms with Gasteiger partial charge in [-0.05, 0) is 51.2 Å². The zero-order valence-corrected chi connectivity index (χ0v) is 14.2. The molecule has 118 valence electrons. The number of hydrogen-bond acceptors (Lipinski definition) is 3. The Balaban J connectivity index is 2.63. The summed E-state index contributed by atoms with van der Waals surface area (Å²) < 4.78 is 0. The first-order valence-electron chi connectivity index (χ1n) is 7.62. The lowest BCUT2D eigenvalue weighted by Gasteiger charge is -2.28. The third-order valence-corrected chi connectivity index (χ3v) is 3.95. The highest BCUT2D eigenvalue weighted by Gasteiger charge is 2.17. The molecule has 1 rings (SSSR count). The molecular formula is C17H29N3O. The van der Waals surface area contributed by atoms with Crippen molar-refractivity contribution >= 4 is 11.6 Å². The summed E-state index contributed by atoms with van der Waals surface area (Å²) in [7, 11) is 6.14. The van der Waals surface area contributed by atoms with Gasteiger partial charge in [0.2, 0.25) is 0 Å². The third-order valence-electron chi connectivity index (χ3n) is 3.95. The van der Waals surface area contributed by atoms with Gasteiger partial charge >= 0.3 is 0 Å². The highest BCUT2D eigenvalue weighted by atomic mass is 16.1. The van der Waals surface area contributed by atoms with Gasteiger partial charge in [-0.15, -0.1) is 0 Å². The van der Waals surface area contributed by atoms with Gasteiger partial charge in [-0.1, -0.05) is 13.8 Å². The van der Waals surface area contributed by atoms with E-state index >= 15 is 0 Å². The number of nitrogens with zero attached hydrogens (tertiary/aromatic N) is 2. The second-order valence-corrected chi connectivity index (χ2v) is 6.05. The van der Waals surface area contributed by atoms with Crippen LogP contribution in [0.4, 0.5) is 5.69 Å². The summed E-state index contributed by atoms with van der Waals surface area (Å²) in [6.07, 6.45) is 0. The number of nitrogens with one attached hydrogen (secondary N) is 1. The van der Waals surface area contributed by atoms with Gasteiger partial charge in [0.1, 0.15) is 0 Å². The van der Waals surface area contributed by atoms with Crippen LogP contribution in [0.15, 0.2) is 24.3 Å². The molecule has 1 N–H and O–H groups in total. The SMILES string of the molecule is CCN(C)c1ccc(C(=O)NCC(C(C)C)N(C)C)cc1. The van der Waals surface area contributed by atoms with Crippen molar-refractivity contribution < 1.29 is 4.79 Å². The Morgan fingerprint density at radius 3 is 2.14 bits per heavy atom. The van der Waals surface area contributed by atoms with Crippen molar-refractivity contribution in [3.05, 3.63) is 29.8 Å². The van der Waals surface area contributed by atoms with E-state index in [9.17, 15) is 4.79 Å². The standard InChI is InChI=1S/C17H29N3O/c1-7-20(6)15-10-8-14(9-11-15)17(21)18-12-16(13(2)3)19(4)5/h8-11,13,16H,7,12H2,1-6H3,(H,18,21). The predicted molar refractivity (Wildman–Crippen MR) is 90.0 cm³/mol. The molecule has 0 bridgehead atoms. The number of anilines is 1. The highest BCUT2D eigenvalue weighted by molar-refractivity contribution is 5.94. The Labute approximate surface area is 129 Å². The van der Waals surface area contributed by atoms with Crippen molar-refractivity contribution in [2.45, 2.75) is 26.8 Å². The average Bonchev–Trinajstić information content (AvgIpc) is 2.45. The Bertz CT molecular complexity index is 432. The minimum absolute atomic E-state index is 0.00629. The molecule has 0 aromatic heterocycles. The fraction of sp³-hybridized carbons (Fsp3) is 0.588. The number of carbonyl (C=O) groups is 1. The topological polar surface area (TPSA) is 35.6 Å². The van der Waals surface area contributed by atoms with Crippen molar-refractivity contribution in [1.29, 1.82) is 0 Å². The molecule has 1 aromatic carbocycles. The summed E-state index contributed by atoms with van der Waals surface area (Å²) in [5, 5.41) is 3.03. The van der Waals surface area contributed by atoms with E-state index in [0.29, 0.717) is 24.1 Å². The monoisotopic (exact) mass is 291 g/mol. The molecule has 0 fully saturated rings. The lowest BCUT2D eigenvalue weighted by molar-refractivity contribution is 0.0934. The molecule has 0 spiro atoms. The largest absolute Gasteiger partial charge is 0.375 e. The van der Waals surface area contributed by atoms with Crippen LogP contribution < -0.4 is 10.2 Å². The number of likely N-dealkylation sites (N-methyl/N-ethyl adjacent to an activating group) is 1. The lowest BCUT2D eigenvalue weighted by atomic mass is 10.0.